The predicted molar refractivity (Wildman–Crippen MR) is 127 cm³/mol. The molecule has 2 N–H and O–H groups in total. The van der Waals surface area contributed by atoms with Crippen LogP contribution in [0.3, 0.4) is 0 Å². The van der Waals surface area contributed by atoms with Gasteiger partial charge < -0.3 is 15.5 Å². The molecule has 1 saturated heterocycles. The van der Waals surface area contributed by atoms with Crippen molar-refractivity contribution in [2.24, 2.45) is 4.99 Å². The maximum atomic E-state index is 13.5. The number of carbonyl (C=O) groups is 1. The van der Waals surface area contributed by atoms with Gasteiger partial charge in [-0.1, -0.05) is 6.07 Å². The highest BCUT2D eigenvalue weighted by Crippen LogP contribution is 2.17. The Bertz CT molecular complexity index is 659. The van der Waals surface area contributed by atoms with Gasteiger partial charge in [-0.2, -0.15) is 11.8 Å². The van der Waals surface area contributed by atoms with Crippen LogP contribution in [0, 0.1) is 5.82 Å². The van der Waals surface area contributed by atoms with E-state index in [0.29, 0.717) is 31.5 Å². The summed E-state index contributed by atoms with van der Waals surface area (Å²) >= 11 is 1.67. The number of guanidine groups is 1. The highest BCUT2D eigenvalue weighted by atomic mass is 127. The average molecular weight is 522 g/mol. The second-order valence-electron chi connectivity index (χ2n) is 6.88. The molecule has 2 rings (SSSR count). The number of halogens is 2. The summed E-state index contributed by atoms with van der Waals surface area (Å²) < 4.78 is 13.5. The molecule has 1 aromatic rings. The van der Waals surface area contributed by atoms with Gasteiger partial charge in [-0.05, 0) is 55.7 Å². The van der Waals surface area contributed by atoms with Crippen molar-refractivity contribution in [3.8, 4) is 0 Å². The Kier molecular flexibility index (Phi) is 11.8. The SMILES string of the molecule is CN=C(NCCC(=O)N1CCCCC1C)NCc1ccc(F)cc1CSC.I. The maximum absolute atomic E-state index is 13.5. The summed E-state index contributed by atoms with van der Waals surface area (Å²) in [6, 6.07) is 5.22. The molecule has 0 spiro atoms. The molecule has 0 bridgehead atoms. The summed E-state index contributed by atoms with van der Waals surface area (Å²) in [6.45, 7) is 4.10. The minimum absolute atomic E-state index is 0. The summed E-state index contributed by atoms with van der Waals surface area (Å²) in [6.07, 6.45) is 5.87. The van der Waals surface area contributed by atoms with Crippen molar-refractivity contribution in [1.29, 1.82) is 0 Å². The number of hydrogen-bond donors (Lipinski definition) is 2. The Balaban J connectivity index is 0.00000392. The van der Waals surface area contributed by atoms with E-state index in [4.69, 9.17) is 0 Å². The van der Waals surface area contributed by atoms with Gasteiger partial charge in [0, 0.05) is 44.9 Å². The number of rotatable bonds is 7. The average Bonchev–Trinajstić information content (AvgIpc) is 2.66. The zero-order valence-corrected chi connectivity index (χ0v) is 20.1. The van der Waals surface area contributed by atoms with Crippen molar-refractivity contribution in [2.75, 3.05) is 26.4 Å². The van der Waals surface area contributed by atoms with E-state index in [9.17, 15) is 9.18 Å². The number of piperidine rings is 1. The molecule has 1 aliphatic heterocycles. The van der Waals surface area contributed by atoms with Gasteiger partial charge >= 0.3 is 0 Å². The molecule has 1 heterocycles. The number of amides is 1. The lowest BCUT2D eigenvalue weighted by Gasteiger charge is -2.33. The van der Waals surface area contributed by atoms with E-state index in [-0.39, 0.29) is 35.7 Å². The van der Waals surface area contributed by atoms with E-state index in [1.807, 2.05) is 17.2 Å². The molecule has 0 aromatic heterocycles. The van der Waals surface area contributed by atoms with E-state index in [1.54, 1.807) is 24.9 Å². The van der Waals surface area contributed by atoms with Gasteiger partial charge in [0.15, 0.2) is 5.96 Å². The fourth-order valence-corrected chi connectivity index (χ4v) is 3.94. The molecule has 1 aromatic carbocycles. The number of benzene rings is 1. The summed E-state index contributed by atoms with van der Waals surface area (Å²) in [4.78, 5) is 18.6. The number of carbonyl (C=O) groups excluding carboxylic acids is 1. The lowest BCUT2D eigenvalue weighted by molar-refractivity contribution is -0.134. The van der Waals surface area contributed by atoms with E-state index in [2.05, 4.69) is 22.5 Å². The fraction of sp³-hybridized carbons (Fsp3) is 0.600. The zero-order valence-electron chi connectivity index (χ0n) is 17.0. The summed E-state index contributed by atoms with van der Waals surface area (Å²) in [7, 11) is 1.71. The Morgan fingerprint density at radius 2 is 2.11 bits per heavy atom. The lowest BCUT2D eigenvalue weighted by Crippen LogP contribution is -2.44. The van der Waals surface area contributed by atoms with Crippen LogP contribution in [0.5, 0.6) is 0 Å². The van der Waals surface area contributed by atoms with Crippen LogP contribution in [0.4, 0.5) is 4.39 Å². The van der Waals surface area contributed by atoms with Crippen LogP contribution < -0.4 is 10.6 Å². The number of thioether (sulfide) groups is 1. The normalized spacial score (nSPS) is 17.1. The molecular formula is C20H32FIN4OS. The lowest BCUT2D eigenvalue weighted by atomic mass is 10.0. The van der Waals surface area contributed by atoms with E-state index >= 15 is 0 Å². The third-order valence-electron chi connectivity index (χ3n) is 4.89. The smallest absolute Gasteiger partial charge is 0.224 e. The molecule has 0 aliphatic carbocycles. The largest absolute Gasteiger partial charge is 0.356 e. The van der Waals surface area contributed by atoms with Gasteiger partial charge in [0.25, 0.3) is 0 Å². The van der Waals surface area contributed by atoms with E-state index < -0.39 is 0 Å². The Labute approximate surface area is 189 Å². The van der Waals surface area contributed by atoms with E-state index in [1.165, 1.54) is 12.5 Å². The number of nitrogens with zero attached hydrogens (tertiary/aromatic N) is 2. The Morgan fingerprint density at radius 3 is 2.79 bits per heavy atom. The van der Waals surface area contributed by atoms with Gasteiger partial charge in [-0.3, -0.25) is 9.79 Å². The zero-order chi connectivity index (χ0) is 19.6. The minimum Gasteiger partial charge on any atom is -0.356 e. The van der Waals surface area contributed by atoms with Crippen LogP contribution in [0.15, 0.2) is 23.2 Å². The molecule has 5 nitrogen and oxygen atoms in total. The number of nitrogens with one attached hydrogen (secondary N) is 2. The van der Waals surface area contributed by atoms with Gasteiger partial charge in [-0.15, -0.1) is 24.0 Å². The molecule has 158 valence electrons. The first-order valence-electron chi connectivity index (χ1n) is 9.55. The molecule has 8 heteroatoms. The van der Waals surface area contributed by atoms with Crippen molar-refractivity contribution in [3.63, 3.8) is 0 Å². The van der Waals surface area contributed by atoms with Crippen LogP contribution >= 0.6 is 35.7 Å². The summed E-state index contributed by atoms with van der Waals surface area (Å²) in [5.41, 5.74) is 2.03. The first-order chi connectivity index (χ1) is 13.0. The Hall–Kier alpha value is -1.03. The van der Waals surface area contributed by atoms with Crippen molar-refractivity contribution < 1.29 is 9.18 Å². The van der Waals surface area contributed by atoms with E-state index in [0.717, 1.165) is 36.3 Å². The highest BCUT2D eigenvalue weighted by Gasteiger charge is 2.22. The first-order valence-corrected chi connectivity index (χ1v) is 10.9. The molecule has 0 radical (unpaired) electrons. The van der Waals surface area contributed by atoms with Gasteiger partial charge in [0.1, 0.15) is 5.82 Å². The van der Waals surface area contributed by atoms with Crippen molar-refractivity contribution in [1.82, 2.24) is 15.5 Å². The van der Waals surface area contributed by atoms with Crippen LogP contribution in [0.1, 0.15) is 43.7 Å². The second kappa shape index (κ2) is 13.2. The van der Waals surface area contributed by atoms with Gasteiger partial charge in [0.05, 0.1) is 0 Å². The predicted octanol–water partition coefficient (Wildman–Crippen LogP) is 3.76. The number of hydrogen-bond acceptors (Lipinski definition) is 3. The maximum Gasteiger partial charge on any atom is 0.224 e. The second-order valence-corrected chi connectivity index (χ2v) is 7.75. The molecule has 1 atom stereocenters. The molecule has 1 unspecified atom stereocenters. The van der Waals surface area contributed by atoms with Crippen LogP contribution in [0.25, 0.3) is 0 Å². The number of aliphatic imine (C=N–C) groups is 1. The van der Waals surface area contributed by atoms with Gasteiger partial charge in [0.2, 0.25) is 5.91 Å². The standard InChI is InChI=1S/C20H31FN4OS.HI/c1-15-6-4-5-11-25(15)19(26)9-10-23-20(22-2)24-13-16-7-8-18(21)12-17(16)14-27-3;/h7-8,12,15H,4-6,9-11,13-14H2,1-3H3,(H2,22,23,24);1H. The monoisotopic (exact) mass is 522 g/mol. The van der Waals surface area contributed by atoms with Crippen molar-refractivity contribution in [2.45, 2.75) is 50.9 Å². The van der Waals surface area contributed by atoms with Crippen molar-refractivity contribution in [3.05, 3.63) is 35.1 Å². The first kappa shape index (κ1) is 25.0. The van der Waals surface area contributed by atoms with Crippen LogP contribution in [0.2, 0.25) is 0 Å². The van der Waals surface area contributed by atoms with Crippen LogP contribution in [-0.2, 0) is 17.1 Å². The molecule has 0 saturated carbocycles. The summed E-state index contributed by atoms with van der Waals surface area (Å²) in [5.74, 6) is 1.40. The molecular weight excluding hydrogens is 490 g/mol. The highest BCUT2D eigenvalue weighted by molar-refractivity contribution is 14.0. The van der Waals surface area contributed by atoms with Gasteiger partial charge in [-0.25, -0.2) is 4.39 Å². The third-order valence-corrected chi connectivity index (χ3v) is 5.49. The molecule has 1 aliphatic rings. The fourth-order valence-electron chi connectivity index (χ4n) is 3.36. The quantitative estimate of drug-likeness (QED) is 0.326. The Morgan fingerprint density at radius 1 is 1.32 bits per heavy atom. The van der Waals surface area contributed by atoms with Crippen LogP contribution in [-0.4, -0.2) is 49.2 Å². The summed E-state index contributed by atoms with van der Waals surface area (Å²) in [5, 5.41) is 6.45. The number of likely N-dealkylation sites (tertiary alicyclic amines) is 1. The minimum atomic E-state index is -0.212. The topological polar surface area (TPSA) is 56.7 Å². The molecule has 28 heavy (non-hydrogen) atoms. The molecule has 1 amide bonds. The van der Waals surface area contributed by atoms with Crippen molar-refractivity contribution >= 4 is 47.6 Å². The third kappa shape index (κ3) is 7.77. The molecule has 1 fully saturated rings.